The van der Waals surface area contributed by atoms with Crippen LogP contribution in [-0.4, -0.2) is 37.7 Å². The van der Waals surface area contributed by atoms with Gasteiger partial charge in [-0.25, -0.2) is 0 Å². The number of nitrogens with zero attached hydrogens (tertiary/aromatic N) is 1. The van der Waals surface area contributed by atoms with Crippen molar-refractivity contribution in [1.29, 1.82) is 0 Å². The summed E-state index contributed by atoms with van der Waals surface area (Å²) in [5, 5.41) is 6.51. The van der Waals surface area contributed by atoms with Crippen molar-refractivity contribution < 1.29 is 9.53 Å². The SMILES string of the molecule is COCC1(C(=O)NC(C)c2ccc(-c3cccnc3)cc2)CCNCC1.Cl.Cl. The number of carbonyl (C=O) groups is 1. The van der Waals surface area contributed by atoms with Crippen molar-refractivity contribution in [1.82, 2.24) is 15.6 Å². The van der Waals surface area contributed by atoms with E-state index in [2.05, 4.69) is 39.9 Å². The summed E-state index contributed by atoms with van der Waals surface area (Å²) >= 11 is 0. The van der Waals surface area contributed by atoms with Gasteiger partial charge in [-0.05, 0) is 55.6 Å². The maximum Gasteiger partial charge on any atom is 0.229 e. The van der Waals surface area contributed by atoms with Gasteiger partial charge in [-0.2, -0.15) is 0 Å². The molecular weight excluding hydrogens is 397 g/mol. The van der Waals surface area contributed by atoms with Gasteiger partial charge in [0.25, 0.3) is 0 Å². The molecule has 0 bridgehead atoms. The van der Waals surface area contributed by atoms with E-state index in [9.17, 15) is 4.79 Å². The molecule has 1 atom stereocenters. The van der Waals surface area contributed by atoms with Gasteiger partial charge in [0.15, 0.2) is 0 Å². The molecule has 1 saturated heterocycles. The van der Waals surface area contributed by atoms with Crippen LogP contribution in [-0.2, 0) is 9.53 Å². The number of nitrogens with one attached hydrogen (secondary N) is 2. The van der Waals surface area contributed by atoms with Crippen LogP contribution in [0, 0.1) is 5.41 Å². The first-order valence-electron chi connectivity index (χ1n) is 9.16. The third kappa shape index (κ3) is 5.67. The lowest BCUT2D eigenvalue weighted by Crippen LogP contribution is -2.50. The molecule has 2 N–H and O–H groups in total. The van der Waals surface area contributed by atoms with Crippen molar-refractivity contribution in [3.8, 4) is 11.1 Å². The monoisotopic (exact) mass is 425 g/mol. The van der Waals surface area contributed by atoms with Crippen LogP contribution in [0.3, 0.4) is 0 Å². The molecule has 5 nitrogen and oxygen atoms in total. The fourth-order valence-electron chi connectivity index (χ4n) is 3.55. The van der Waals surface area contributed by atoms with E-state index in [1.165, 1.54) is 0 Å². The molecule has 0 saturated carbocycles. The van der Waals surface area contributed by atoms with Gasteiger partial charge in [0.2, 0.25) is 5.91 Å². The van der Waals surface area contributed by atoms with E-state index in [1.807, 2.05) is 25.3 Å². The Morgan fingerprint density at radius 2 is 1.86 bits per heavy atom. The predicted octanol–water partition coefficient (Wildman–Crippen LogP) is 3.79. The molecule has 1 fully saturated rings. The largest absolute Gasteiger partial charge is 0.384 e. The van der Waals surface area contributed by atoms with Crippen LogP contribution in [0.1, 0.15) is 31.4 Å². The summed E-state index contributed by atoms with van der Waals surface area (Å²) < 4.78 is 5.36. The van der Waals surface area contributed by atoms with Crippen molar-refractivity contribution in [2.75, 3.05) is 26.8 Å². The van der Waals surface area contributed by atoms with E-state index in [0.717, 1.165) is 42.6 Å². The Balaban J connectivity index is 0.00000196. The summed E-state index contributed by atoms with van der Waals surface area (Å²) in [6.45, 7) is 4.20. The van der Waals surface area contributed by atoms with Crippen LogP contribution < -0.4 is 10.6 Å². The molecule has 0 spiro atoms. The molecule has 1 aromatic heterocycles. The van der Waals surface area contributed by atoms with Gasteiger partial charge in [0.1, 0.15) is 0 Å². The normalized spacial score (nSPS) is 16.2. The maximum absolute atomic E-state index is 13.0. The minimum absolute atomic E-state index is 0. The van der Waals surface area contributed by atoms with Crippen LogP contribution in [0.5, 0.6) is 0 Å². The summed E-state index contributed by atoms with van der Waals surface area (Å²) in [6, 6.07) is 12.2. The number of carbonyl (C=O) groups excluding carboxylic acids is 1. The van der Waals surface area contributed by atoms with Gasteiger partial charge < -0.3 is 15.4 Å². The lowest BCUT2D eigenvalue weighted by atomic mass is 9.78. The molecule has 2 heterocycles. The summed E-state index contributed by atoms with van der Waals surface area (Å²) in [7, 11) is 1.66. The quantitative estimate of drug-likeness (QED) is 0.738. The Hall–Kier alpha value is -1.66. The predicted molar refractivity (Wildman–Crippen MR) is 117 cm³/mol. The lowest BCUT2D eigenvalue weighted by Gasteiger charge is -2.36. The van der Waals surface area contributed by atoms with Crippen LogP contribution in [0.4, 0.5) is 0 Å². The highest BCUT2D eigenvalue weighted by Crippen LogP contribution is 2.30. The van der Waals surface area contributed by atoms with E-state index in [0.29, 0.717) is 6.61 Å². The zero-order valence-corrected chi connectivity index (χ0v) is 17.9. The number of benzene rings is 1. The fraction of sp³-hybridized carbons (Fsp3) is 0.429. The average Bonchev–Trinajstić information content (AvgIpc) is 2.69. The van der Waals surface area contributed by atoms with E-state index < -0.39 is 5.41 Å². The number of hydrogen-bond acceptors (Lipinski definition) is 4. The third-order valence-corrected chi connectivity index (χ3v) is 5.22. The number of halogens is 2. The number of ether oxygens (including phenoxy) is 1. The Morgan fingerprint density at radius 1 is 1.18 bits per heavy atom. The molecule has 2 aromatic rings. The number of methoxy groups -OCH3 is 1. The minimum Gasteiger partial charge on any atom is -0.384 e. The van der Waals surface area contributed by atoms with Gasteiger partial charge in [-0.3, -0.25) is 9.78 Å². The van der Waals surface area contributed by atoms with Gasteiger partial charge in [-0.15, -0.1) is 24.8 Å². The van der Waals surface area contributed by atoms with Crippen molar-refractivity contribution in [3.05, 3.63) is 54.4 Å². The molecule has 1 aromatic carbocycles. The molecule has 7 heteroatoms. The van der Waals surface area contributed by atoms with Crippen molar-refractivity contribution in [2.45, 2.75) is 25.8 Å². The summed E-state index contributed by atoms with van der Waals surface area (Å²) in [4.78, 5) is 17.1. The summed E-state index contributed by atoms with van der Waals surface area (Å²) in [5.41, 5.74) is 2.87. The molecule has 0 aliphatic carbocycles. The maximum atomic E-state index is 13.0. The second kappa shape index (κ2) is 11.4. The minimum atomic E-state index is -0.427. The molecule has 1 unspecified atom stereocenters. The Labute approximate surface area is 179 Å². The molecule has 3 rings (SSSR count). The number of piperidine rings is 1. The topological polar surface area (TPSA) is 63.2 Å². The number of aromatic nitrogens is 1. The Bertz CT molecular complexity index is 715. The van der Waals surface area contributed by atoms with Gasteiger partial charge in [0.05, 0.1) is 18.1 Å². The Kier molecular flexibility index (Phi) is 9.90. The first kappa shape index (κ1) is 24.4. The molecule has 1 aliphatic heterocycles. The number of amides is 1. The molecule has 154 valence electrons. The van der Waals surface area contributed by atoms with E-state index in [4.69, 9.17) is 4.74 Å². The molecular formula is C21H29Cl2N3O2. The standard InChI is InChI=1S/C21H27N3O2.2ClH/c1-16(24-20(25)21(15-26-2)9-12-22-13-10-21)17-5-7-18(8-6-17)19-4-3-11-23-14-19;;/h3-8,11,14,16,22H,9-10,12-13,15H2,1-2H3,(H,24,25);2*1H. The smallest absolute Gasteiger partial charge is 0.229 e. The number of hydrogen-bond donors (Lipinski definition) is 2. The van der Waals surface area contributed by atoms with E-state index in [1.54, 1.807) is 13.3 Å². The van der Waals surface area contributed by atoms with Gasteiger partial charge in [-0.1, -0.05) is 30.3 Å². The fourth-order valence-corrected chi connectivity index (χ4v) is 3.55. The second-order valence-electron chi connectivity index (χ2n) is 7.02. The summed E-state index contributed by atoms with van der Waals surface area (Å²) in [6.07, 6.45) is 5.23. The summed E-state index contributed by atoms with van der Waals surface area (Å²) in [5.74, 6) is 0.0877. The number of pyridine rings is 1. The van der Waals surface area contributed by atoms with Crippen molar-refractivity contribution >= 4 is 30.7 Å². The van der Waals surface area contributed by atoms with Gasteiger partial charge in [0, 0.05) is 19.5 Å². The highest BCUT2D eigenvalue weighted by Gasteiger charge is 2.40. The first-order valence-corrected chi connectivity index (χ1v) is 9.16. The molecule has 1 aliphatic rings. The zero-order chi connectivity index (χ0) is 18.4. The molecule has 0 radical (unpaired) electrons. The number of rotatable bonds is 6. The van der Waals surface area contributed by atoms with Crippen LogP contribution >= 0.6 is 24.8 Å². The van der Waals surface area contributed by atoms with E-state index in [-0.39, 0.29) is 36.8 Å². The van der Waals surface area contributed by atoms with Crippen LogP contribution in [0.15, 0.2) is 48.8 Å². The Morgan fingerprint density at radius 3 is 2.43 bits per heavy atom. The first-order chi connectivity index (χ1) is 12.6. The highest BCUT2D eigenvalue weighted by molar-refractivity contribution is 5.85. The lowest BCUT2D eigenvalue weighted by molar-refractivity contribution is -0.136. The zero-order valence-electron chi connectivity index (χ0n) is 16.3. The van der Waals surface area contributed by atoms with Crippen molar-refractivity contribution in [3.63, 3.8) is 0 Å². The highest BCUT2D eigenvalue weighted by atomic mass is 35.5. The molecule has 28 heavy (non-hydrogen) atoms. The average molecular weight is 426 g/mol. The van der Waals surface area contributed by atoms with E-state index >= 15 is 0 Å². The molecule has 1 amide bonds. The third-order valence-electron chi connectivity index (χ3n) is 5.22. The van der Waals surface area contributed by atoms with Crippen molar-refractivity contribution in [2.24, 2.45) is 5.41 Å². The van der Waals surface area contributed by atoms with Gasteiger partial charge >= 0.3 is 0 Å². The second-order valence-corrected chi connectivity index (χ2v) is 7.02. The van der Waals surface area contributed by atoms with Crippen LogP contribution in [0.2, 0.25) is 0 Å². The van der Waals surface area contributed by atoms with Crippen LogP contribution in [0.25, 0.3) is 11.1 Å².